The number of nitrogens with one attached hydrogen (secondary N) is 2. The number of hydrogen-bond acceptors (Lipinski definition) is 4. The normalized spacial score (nSPS) is 18.3. The molecular formula is C10H22ClN3O3S. The van der Waals surface area contributed by atoms with Crippen LogP contribution in [0.1, 0.15) is 19.8 Å². The minimum absolute atomic E-state index is 0. The first-order valence-corrected chi connectivity index (χ1v) is 7.62. The Morgan fingerprint density at radius 3 is 2.61 bits per heavy atom. The zero-order valence-corrected chi connectivity index (χ0v) is 12.3. The van der Waals surface area contributed by atoms with Crippen LogP contribution in [-0.2, 0) is 14.8 Å². The SMILES string of the molecule is CCNCCNC(=O)CCN1CCCS1(=O)=O.Cl. The van der Waals surface area contributed by atoms with Crippen molar-refractivity contribution < 1.29 is 13.2 Å². The lowest BCUT2D eigenvalue weighted by molar-refractivity contribution is -0.121. The maximum atomic E-state index is 11.5. The van der Waals surface area contributed by atoms with E-state index in [1.807, 2.05) is 6.92 Å². The number of amides is 1. The molecule has 1 rings (SSSR count). The Bertz CT molecular complexity index is 348. The van der Waals surface area contributed by atoms with Gasteiger partial charge in [-0.25, -0.2) is 12.7 Å². The summed E-state index contributed by atoms with van der Waals surface area (Å²) in [7, 11) is -3.07. The molecule has 0 aromatic heterocycles. The summed E-state index contributed by atoms with van der Waals surface area (Å²) in [6.07, 6.45) is 0.912. The third-order valence-corrected chi connectivity index (χ3v) is 4.62. The van der Waals surface area contributed by atoms with E-state index in [1.165, 1.54) is 4.31 Å². The van der Waals surface area contributed by atoms with E-state index in [1.54, 1.807) is 0 Å². The van der Waals surface area contributed by atoms with Crippen molar-refractivity contribution >= 4 is 28.3 Å². The number of hydrogen-bond donors (Lipinski definition) is 2. The van der Waals surface area contributed by atoms with Crippen LogP contribution in [0.2, 0.25) is 0 Å². The lowest BCUT2D eigenvalue weighted by Gasteiger charge is -2.13. The van der Waals surface area contributed by atoms with Gasteiger partial charge in [0.05, 0.1) is 5.75 Å². The van der Waals surface area contributed by atoms with Crippen LogP contribution in [0.5, 0.6) is 0 Å². The van der Waals surface area contributed by atoms with Crippen LogP contribution in [0.25, 0.3) is 0 Å². The van der Waals surface area contributed by atoms with E-state index in [9.17, 15) is 13.2 Å². The van der Waals surface area contributed by atoms with Gasteiger partial charge in [-0.2, -0.15) is 0 Å². The van der Waals surface area contributed by atoms with E-state index in [0.717, 1.165) is 13.1 Å². The maximum absolute atomic E-state index is 11.5. The van der Waals surface area contributed by atoms with Gasteiger partial charge in [0.1, 0.15) is 0 Å². The standard InChI is InChI=1S/C10H21N3O3S.ClH/c1-2-11-5-6-12-10(14)4-8-13-7-3-9-17(13,15)16;/h11H,2-9H2,1H3,(H,12,14);1H. The predicted octanol–water partition coefficient (Wildman–Crippen LogP) is -0.440. The zero-order chi connectivity index (χ0) is 12.7. The molecule has 8 heteroatoms. The largest absolute Gasteiger partial charge is 0.355 e. The van der Waals surface area contributed by atoms with Gasteiger partial charge in [0, 0.05) is 32.6 Å². The molecule has 1 amide bonds. The molecular weight excluding hydrogens is 278 g/mol. The molecule has 0 atom stereocenters. The minimum atomic E-state index is -3.07. The van der Waals surface area contributed by atoms with Crippen molar-refractivity contribution in [3.8, 4) is 0 Å². The quantitative estimate of drug-likeness (QED) is 0.625. The Balaban J connectivity index is 0.00000289. The lowest BCUT2D eigenvalue weighted by atomic mass is 10.3. The monoisotopic (exact) mass is 299 g/mol. The number of carbonyl (C=O) groups is 1. The third kappa shape index (κ3) is 5.99. The first-order valence-electron chi connectivity index (χ1n) is 6.01. The van der Waals surface area contributed by atoms with E-state index < -0.39 is 10.0 Å². The molecule has 0 aromatic carbocycles. The Morgan fingerprint density at radius 1 is 1.33 bits per heavy atom. The highest BCUT2D eigenvalue weighted by Crippen LogP contribution is 2.12. The molecule has 0 saturated carbocycles. The second-order valence-corrected chi connectivity index (χ2v) is 6.11. The molecule has 0 unspecified atom stereocenters. The third-order valence-electron chi connectivity index (χ3n) is 2.67. The van der Waals surface area contributed by atoms with Crippen LogP contribution in [0.15, 0.2) is 0 Å². The predicted molar refractivity (Wildman–Crippen MR) is 73.4 cm³/mol. The molecule has 0 aromatic rings. The van der Waals surface area contributed by atoms with E-state index >= 15 is 0 Å². The highest BCUT2D eigenvalue weighted by atomic mass is 35.5. The number of sulfonamides is 1. The zero-order valence-electron chi connectivity index (χ0n) is 10.6. The van der Waals surface area contributed by atoms with Crippen LogP contribution in [0.4, 0.5) is 0 Å². The summed E-state index contributed by atoms with van der Waals surface area (Å²) in [5, 5.41) is 5.84. The van der Waals surface area contributed by atoms with Gasteiger partial charge < -0.3 is 10.6 Å². The van der Waals surface area contributed by atoms with Gasteiger partial charge in [-0.05, 0) is 13.0 Å². The number of likely N-dealkylation sites (N-methyl/N-ethyl adjacent to an activating group) is 1. The van der Waals surface area contributed by atoms with Crippen molar-refractivity contribution in [3.63, 3.8) is 0 Å². The van der Waals surface area contributed by atoms with Crippen molar-refractivity contribution in [2.75, 3.05) is 38.5 Å². The average molecular weight is 300 g/mol. The molecule has 0 bridgehead atoms. The average Bonchev–Trinajstić information content (AvgIpc) is 2.61. The van der Waals surface area contributed by atoms with Gasteiger partial charge in [-0.3, -0.25) is 4.79 Å². The van der Waals surface area contributed by atoms with E-state index in [2.05, 4.69) is 10.6 Å². The Hall–Kier alpha value is -0.370. The number of halogens is 1. The topological polar surface area (TPSA) is 78.5 Å². The Labute approximate surface area is 115 Å². The summed E-state index contributed by atoms with van der Waals surface area (Å²) in [5.74, 6) is 0.125. The number of carbonyl (C=O) groups excluding carboxylic acids is 1. The highest BCUT2D eigenvalue weighted by Gasteiger charge is 2.27. The Kier molecular flexibility index (Phi) is 8.51. The number of rotatable bonds is 7. The van der Waals surface area contributed by atoms with Crippen molar-refractivity contribution in [2.45, 2.75) is 19.8 Å². The van der Waals surface area contributed by atoms with Gasteiger partial charge in [-0.1, -0.05) is 6.92 Å². The van der Waals surface area contributed by atoms with Crippen LogP contribution < -0.4 is 10.6 Å². The molecule has 1 fully saturated rings. The minimum Gasteiger partial charge on any atom is -0.355 e. The molecule has 18 heavy (non-hydrogen) atoms. The van der Waals surface area contributed by atoms with Gasteiger partial charge in [0.25, 0.3) is 0 Å². The molecule has 2 N–H and O–H groups in total. The van der Waals surface area contributed by atoms with Crippen molar-refractivity contribution in [2.24, 2.45) is 0 Å². The summed E-state index contributed by atoms with van der Waals surface area (Å²) >= 11 is 0. The van der Waals surface area contributed by atoms with Gasteiger partial charge in [0.2, 0.25) is 15.9 Å². The van der Waals surface area contributed by atoms with Gasteiger partial charge >= 0.3 is 0 Å². The van der Waals surface area contributed by atoms with Crippen molar-refractivity contribution in [3.05, 3.63) is 0 Å². The Morgan fingerprint density at radius 2 is 2.06 bits per heavy atom. The fourth-order valence-electron chi connectivity index (χ4n) is 1.72. The molecule has 1 saturated heterocycles. The van der Waals surface area contributed by atoms with Gasteiger partial charge in [0.15, 0.2) is 0 Å². The molecule has 1 heterocycles. The van der Waals surface area contributed by atoms with Crippen LogP contribution in [-0.4, -0.2) is 57.1 Å². The number of nitrogens with zero attached hydrogens (tertiary/aromatic N) is 1. The van der Waals surface area contributed by atoms with Crippen molar-refractivity contribution in [1.82, 2.24) is 14.9 Å². The van der Waals surface area contributed by atoms with E-state index in [4.69, 9.17) is 0 Å². The summed E-state index contributed by atoms with van der Waals surface area (Å²) < 4.78 is 24.3. The fraction of sp³-hybridized carbons (Fsp3) is 0.900. The smallest absolute Gasteiger partial charge is 0.221 e. The van der Waals surface area contributed by atoms with E-state index in [-0.39, 0.29) is 30.5 Å². The van der Waals surface area contributed by atoms with Crippen molar-refractivity contribution in [1.29, 1.82) is 0 Å². The first kappa shape index (κ1) is 17.6. The highest BCUT2D eigenvalue weighted by molar-refractivity contribution is 7.89. The summed E-state index contributed by atoms with van der Waals surface area (Å²) in [5.41, 5.74) is 0. The van der Waals surface area contributed by atoms with E-state index in [0.29, 0.717) is 26.1 Å². The summed E-state index contributed by atoms with van der Waals surface area (Å²) in [6, 6.07) is 0. The van der Waals surface area contributed by atoms with Gasteiger partial charge in [-0.15, -0.1) is 12.4 Å². The summed E-state index contributed by atoms with van der Waals surface area (Å²) in [4.78, 5) is 11.4. The molecule has 0 spiro atoms. The molecule has 6 nitrogen and oxygen atoms in total. The van der Waals surface area contributed by atoms with Crippen LogP contribution in [0, 0.1) is 0 Å². The fourth-order valence-corrected chi connectivity index (χ4v) is 3.25. The molecule has 0 aliphatic carbocycles. The molecule has 0 radical (unpaired) electrons. The second kappa shape index (κ2) is 8.68. The second-order valence-electron chi connectivity index (χ2n) is 4.02. The van der Waals surface area contributed by atoms with Crippen LogP contribution in [0.3, 0.4) is 0 Å². The van der Waals surface area contributed by atoms with Crippen LogP contribution >= 0.6 is 12.4 Å². The molecule has 108 valence electrons. The first-order chi connectivity index (χ1) is 8.06. The maximum Gasteiger partial charge on any atom is 0.221 e. The molecule has 1 aliphatic rings. The summed E-state index contributed by atoms with van der Waals surface area (Å²) in [6.45, 7) is 5.05. The molecule has 1 aliphatic heterocycles. The lowest BCUT2D eigenvalue weighted by Crippen LogP contribution is -2.35.